The van der Waals surface area contributed by atoms with E-state index in [-0.39, 0.29) is 18.9 Å². The highest BCUT2D eigenvalue weighted by molar-refractivity contribution is 5.76. The molecule has 0 aromatic rings. The molecule has 3 saturated heterocycles. The molecule has 3 fully saturated rings. The normalized spacial score (nSPS) is 25.6. The molecular formula is C92H161NO18. The highest BCUT2D eigenvalue weighted by atomic mass is 16.8. The van der Waals surface area contributed by atoms with E-state index >= 15 is 0 Å². The Kier molecular flexibility index (Phi) is 64.7. The zero-order chi connectivity index (χ0) is 80.3. The van der Waals surface area contributed by atoms with E-state index in [4.69, 9.17) is 28.4 Å². The number of unbranched alkanes of at least 4 members (excludes halogenated alkanes) is 39. The number of hydrogen-bond donors (Lipinski definition) is 12. The van der Waals surface area contributed by atoms with Crippen LogP contribution in [0.25, 0.3) is 0 Å². The maximum absolute atomic E-state index is 13.5. The van der Waals surface area contributed by atoms with Crippen LogP contribution < -0.4 is 5.32 Å². The van der Waals surface area contributed by atoms with Crippen LogP contribution in [-0.2, 0) is 33.2 Å². The molecule has 1 amide bonds. The number of aliphatic hydroxyl groups is 11. The van der Waals surface area contributed by atoms with E-state index in [0.717, 1.165) is 83.5 Å². The number of ether oxygens (including phenoxy) is 6. The monoisotopic (exact) mass is 1570 g/mol. The Morgan fingerprint density at radius 2 is 0.631 bits per heavy atom. The predicted octanol–water partition coefficient (Wildman–Crippen LogP) is 16.8. The maximum Gasteiger partial charge on any atom is 0.220 e. The predicted molar refractivity (Wildman–Crippen MR) is 447 cm³/mol. The Balaban J connectivity index is 1.35. The molecular weight excluding hydrogens is 1410 g/mol. The first-order valence-corrected chi connectivity index (χ1v) is 44.6. The second-order valence-corrected chi connectivity index (χ2v) is 31.3. The molecule has 19 heteroatoms. The van der Waals surface area contributed by atoms with E-state index in [0.29, 0.717) is 12.8 Å². The van der Waals surface area contributed by atoms with Gasteiger partial charge in [-0.3, -0.25) is 4.79 Å². The second kappa shape index (κ2) is 70.6. The Morgan fingerprint density at radius 3 is 1.01 bits per heavy atom. The molecule has 19 nitrogen and oxygen atoms in total. The summed E-state index contributed by atoms with van der Waals surface area (Å²) in [4.78, 5) is 13.5. The van der Waals surface area contributed by atoms with Crippen molar-refractivity contribution in [1.29, 1.82) is 0 Å². The minimum Gasteiger partial charge on any atom is -0.394 e. The molecule has 17 atom stereocenters. The summed E-state index contributed by atoms with van der Waals surface area (Å²) in [5.74, 6) is -0.289. The van der Waals surface area contributed by atoms with E-state index in [2.05, 4.69) is 116 Å². The fourth-order valence-corrected chi connectivity index (χ4v) is 14.5. The van der Waals surface area contributed by atoms with Gasteiger partial charge in [0.1, 0.15) is 73.2 Å². The molecule has 17 unspecified atom stereocenters. The molecule has 0 saturated carbocycles. The van der Waals surface area contributed by atoms with Gasteiger partial charge in [-0.25, -0.2) is 0 Å². The van der Waals surface area contributed by atoms with Gasteiger partial charge in [0.25, 0.3) is 0 Å². The summed E-state index contributed by atoms with van der Waals surface area (Å²) in [5.41, 5.74) is 0. The standard InChI is InChI=1S/C92H161NO18/c1-3-5-7-9-11-13-15-17-19-21-23-25-27-29-31-33-35-36-37-38-40-42-44-46-48-50-52-54-56-58-60-62-64-66-68-70-80(98)93-75(76(97)69-67-65-63-61-59-57-55-53-51-49-47-45-43-41-39-34-32-30-28-26-24-22-20-18-16-14-12-10-8-6-4-2)74-106-90-86(104)83(101)88(78(72-95)108-90)111-92-87(105)84(102)89(79(73-96)109-92)110-91-85(103)82(100)81(99)77(71-94)107-91/h5,7,11,13,17,19,23,25,29,31,35-36,51,53,59,61,67,69,75-79,81-92,94-97,99-105H,3-4,6,8-10,12,14-16,18,20-22,24,26-28,30,32-34,37-50,52,54-58,60,62-66,68,70-74H2,1-2H3,(H,93,98)/b7-5-,13-11-,19-17-,25-23-,31-29-,36-35-,53-51+,61-59+,69-67+. The summed E-state index contributed by atoms with van der Waals surface area (Å²) in [6.45, 7) is 1.63. The van der Waals surface area contributed by atoms with Crippen molar-refractivity contribution in [3.63, 3.8) is 0 Å². The molecule has 3 rings (SSSR count). The molecule has 0 aromatic heterocycles. The van der Waals surface area contributed by atoms with E-state index in [1.165, 1.54) is 218 Å². The number of aliphatic hydroxyl groups excluding tert-OH is 11. The van der Waals surface area contributed by atoms with Crippen molar-refractivity contribution in [2.24, 2.45) is 0 Å². The molecule has 0 bridgehead atoms. The van der Waals surface area contributed by atoms with Gasteiger partial charge in [-0.2, -0.15) is 0 Å². The third kappa shape index (κ3) is 49.3. The number of allylic oxidation sites excluding steroid dienone is 17. The van der Waals surface area contributed by atoms with Gasteiger partial charge in [-0.15, -0.1) is 0 Å². The summed E-state index contributed by atoms with van der Waals surface area (Å²) >= 11 is 0. The van der Waals surface area contributed by atoms with Crippen LogP contribution in [-0.4, -0.2) is 193 Å². The zero-order valence-corrected chi connectivity index (χ0v) is 69.2. The van der Waals surface area contributed by atoms with Crippen molar-refractivity contribution in [2.45, 2.75) is 439 Å². The second-order valence-electron chi connectivity index (χ2n) is 31.3. The number of nitrogens with one attached hydrogen (secondary N) is 1. The molecule has 0 aliphatic carbocycles. The molecule has 0 aromatic carbocycles. The van der Waals surface area contributed by atoms with Gasteiger partial charge in [-0.1, -0.05) is 342 Å². The van der Waals surface area contributed by atoms with Crippen LogP contribution in [0.5, 0.6) is 0 Å². The Bertz CT molecular complexity index is 2430. The van der Waals surface area contributed by atoms with E-state index < -0.39 is 124 Å². The summed E-state index contributed by atoms with van der Waals surface area (Å²) in [7, 11) is 0. The first-order valence-electron chi connectivity index (χ1n) is 44.6. The smallest absolute Gasteiger partial charge is 0.220 e. The SMILES string of the molecule is CC/C=C\C/C=C\C/C=C\C/C=C\C/C=C\C/C=C\CCCCCCCCCCCCCCCCCCC(=O)NC(COC1OC(CO)C(OC2OC(CO)C(OC3OC(CO)C(O)C(O)C3O)C(O)C2O)C(O)C1O)C(O)/C=C/CC/C=C/CC/C=C/CCCCCCCCCCCCCCCCCCCCCCC. The van der Waals surface area contributed by atoms with Gasteiger partial charge in [0.15, 0.2) is 18.9 Å². The van der Waals surface area contributed by atoms with E-state index in [1.807, 2.05) is 6.08 Å². The number of carbonyl (C=O) groups excluding carboxylic acids is 1. The quantitative estimate of drug-likeness (QED) is 0.0199. The minimum atomic E-state index is -1.99. The lowest BCUT2D eigenvalue weighted by Gasteiger charge is -2.48. The summed E-state index contributed by atoms with van der Waals surface area (Å²) in [6, 6.07) is -1.00. The molecule has 3 aliphatic heterocycles. The third-order valence-corrected chi connectivity index (χ3v) is 21.5. The van der Waals surface area contributed by atoms with Crippen molar-refractivity contribution in [3.8, 4) is 0 Å². The molecule has 642 valence electrons. The van der Waals surface area contributed by atoms with Crippen LogP contribution >= 0.6 is 0 Å². The van der Waals surface area contributed by atoms with Crippen LogP contribution in [0.15, 0.2) is 109 Å². The molecule has 111 heavy (non-hydrogen) atoms. The van der Waals surface area contributed by atoms with Gasteiger partial charge in [0.05, 0.1) is 38.6 Å². The highest BCUT2D eigenvalue weighted by Gasteiger charge is 2.54. The van der Waals surface area contributed by atoms with E-state index in [1.54, 1.807) is 6.08 Å². The Labute approximate surface area is 672 Å². The zero-order valence-electron chi connectivity index (χ0n) is 69.2. The highest BCUT2D eigenvalue weighted by Crippen LogP contribution is 2.33. The molecule has 12 N–H and O–H groups in total. The van der Waals surface area contributed by atoms with Gasteiger partial charge in [0.2, 0.25) is 5.91 Å². The minimum absolute atomic E-state index is 0.227. The average molecular weight is 1570 g/mol. The summed E-state index contributed by atoms with van der Waals surface area (Å²) in [5, 5.41) is 121. The van der Waals surface area contributed by atoms with Crippen LogP contribution in [0, 0.1) is 0 Å². The molecule has 0 spiro atoms. The van der Waals surface area contributed by atoms with Crippen molar-refractivity contribution in [1.82, 2.24) is 5.32 Å². The Hall–Kier alpha value is -3.55. The van der Waals surface area contributed by atoms with Crippen LogP contribution in [0.4, 0.5) is 0 Å². The molecule has 3 aliphatic rings. The van der Waals surface area contributed by atoms with Crippen LogP contribution in [0.2, 0.25) is 0 Å². The fourth-order valence-electron chi connectivity index (χ4n) is 14.5. The molecule has 3 heterocycles. The van der Waals surface area contributed by atoms with Gasteiger partial charge < -0.3 is 89.9 Å². The first kappa shape index (κ1) is 102. The number of hydrogen-bond acceptors (Lipinski definition) is 18. The summed E-state index contributed by atoms with van der Waals surface area (Å²) < 4.78 is 34.5. The lowest BCUT2D eigenvalue weighted by Crippen LogP contribution is -2.66. The van der Waals surface area contributed by atoms with Crippen molar-refractivity contribution in [2.75, 3.05) is 26.4 Å². The van der Waals surface area contributed by atoms with Crippen LogP contribution in [0.1, 0.15) is 335 Å². The van der Waals surface area contributed by atoms with Crippen molar-refractivity contribution in [3.05, 3.63) is 109 Å². The topological polar surface area (TPSA) is 307 Å². The average Bonchev–Trinajstić information content (AvgIpc) is 0.780. The third-order valence-electron chi connectivity index (χ3n) is 21.5. The van der Waals surface area contributed by atoms with E-state index in [9.17, 15) is 61.0 Å². The first-order chi connectivity index (χ1) is 54.3. The lowest BCUT2D eigenvalue weighted by molar-refractivity contribution is -0.379. The molecule has 0 radical (unpaired) electrons. The maximum atomic E-state index is 13.5. The summed E-state index contributed by atoms with van der Waals surface area (Å²) in [6.07, 6.45) is 72.4. The van der Waals surface area contributed by atoms with Crippen LogP contribution in [0.3, 0.4) is 0 Å². The largest absolute Gasteiger partial charge is 0.394 e. The van der Waals surface area contributed by atoms with Crippen molar-refractivity contribution < 1.29 is 89.4 Å². The number of amides is 1. The number of carbonyl (C=O) groups is 1. The van der Waals surface area contributed by atoms with Gasteiger partial charge in [0, 0.05) is 6.42 Å². The fraction of sp³-hybridized carbons (Fsp3) is 0.793. The Morgan fingerprint density at radius 1 is 0.333 bits per heavy atom. The van der Waals surface area contributed by atoms with Gasteiger partial charge in [-0.05, 0) is 96.3 Å². The van der Waals surface area contributed by atoms with Gasteiger partial charge >= 0.3 is 0 Å². The lowest BCUT2D eigenvalue weighted by atomic mass is 9.96. The number of rotatable bonds is 71. The van der Waals surface area contributed by atoms with Crippen molar-refractivity contribution >= 4 is 5.91 Å².